The van der Waals surface area contributed by atoms with Gasteiger partial charge >= 0.3 is 0 Å². The number of hydrogen-bond donors (Lipinski definition) is 1. The number of fused-ring (bicyclic) bond motifs is 1. The van der Waals surface area contributed by atoms with E-state index in [2.05, 4.69) is 36.2 Å². The lowest BCUT2D eigenvalue weighted by atomic mass is 9.88. The summed E-state index contributed by atoms with van der Waals surface area (Å²) in [5.41, 5.74) is 1.55. The summed E-state index contributed by atoms with van der Waals surface area (Å²) >= 11 is 0. The van der Waals surface area contributed by atoms with Crippen molar-refractivity contribution in [1.29, 1.82) is 0 Å². The number of nitrogens with zero attached hydrogens (tertiary/aromatic N) is 3. The fourth-order valence-corrected chi connectivity index (χ4v) is 2.32. The molecule has 1 N–H and O–H groups in total. The van der Waals surface area contributed by atoms with Crippen molar-refractivity contribution in [2.75, 3.05) is 5.32 Å². The summed E-state index contributed by atoms with van der Waals surface area (Å²) in [5, 5.41) is 7.42. The summed E-state index contributed by atoms with van der Waals surface area (Å²) in [7, 11) is 0. The highest BCUT2D eigenvalue weighted by Crippen LogP contribution is 2.32. The van der Waals surface area contributed by atoms with E-state index in [-0.39, 0.29) is 16.7 Å². The minimum absolute atomic E-state index is 0.0172. The third kappa shape index (κ3) is 3.60. The Morgan fingerprint density at radius 3 is 2.48 bits per heavy atom. The van der Waals surface area contributed by atoms with E-state index >= 15 is 0 Å². The summed E-state index contributed by atoms with van der Waals surface area (Å²) in [5.74, 6) is 0.590. The Morgan fingerprint density at radius 1 is 1.24 bits per heavy atom. The van der Waals surface area contributed by atoms with Gasteiger partial charge in [-0.3, -0.25) is 4.79 Å². The highest BCUT2D eigenvalue weighted by atomic mass is 16.1. The van der Waals surface area contributed by atoms with Gasteiger partial charge in [-0.2, -0.15) is 0 Å². The molecule has 2 rings (SSSR count). The largest absolute Gasteiger partial charge is 0.309 e. The number of hydrogen-bond acceptors (Lipinski definition) is 3. The van der Waals surface area contributed by atoms with Crippen LogP contribution in [0.15, 0.2) is 18.5 Å². The second kappa shape index (κ2) is 5.13. The maximum absolute atomic E-state index is 12.2. The summed E-state index contributed by atoms with van der Waals surface area (Å²) in [6.45, 7) is 12.4. The topological polar surface area (TPSA) is 59.3 Å². The highest BCUT2D eigenvalue weighted by Gasteiger charge is 2.27. The van der Waals surface area contributed by atoms with Crippen LogP contribution in [-0.4, -0.2) is 20.5 Å². The Balaban J connectivity index is 2.42. The molecule has 2 aromatic heterocycles. The minimum Gasteiger partial charge on any atom is -0.309 e. The van der Waals surface area contributed by atoms with Crippen LogP contribution in [0.4, 0.5) is 5.82 Å². The van der Waals surface area contributed by atoms with Crippen molar-refractivity contribution in [3.8, 4) is 0 Å². The summed E-state index contributed by atoms with van der Waals surface area (Å²) in [6, 6.07) is 1.83. The maximum atomic E-state index is 12.2. The standard InChI is InChI=1S/C16H24N4O/c1-15(2,3)10-11(21)18-13-12(16(4,5)6)14-17-8-7-9-20(14)19-13/h7-9H,10H2,1-6H3,(H,18,19,21). The number of carbonyl (C=O) groups excluding carboxylic acids is 1. The van der Waals surface area contributed by atoms with Crippen LogP contribution < -0.4 is 5.32 Å². The van der Waals surface area contributed by atoms with Crippen LogP contribution in [0.3, 0.4) is 0 Å². The fraction of sp³-hybridized carbons (Fsp3) is 0.562. The molecule has 2 heterocycles. The first-order valence-corrected chi connectivity index (χ1v) is 7.22. The summed E-state index contributed by atoms with van der Waals surface area (Å²) in [6.07, 6.45) is 4.04. The molecule has 0 aromatic carbocycles. The first-order chi connectivity index (χ1) is 9.58. The molecule has 0 saturated heterocycles. The quantitative estimate of drug-likeness (QED) is 0.921. The molecule has 2 aromatic rings. The molecule has 0 atom stereocenters. The van der Waals surface area contributed by atoms with Gasteiger partial charge in [0, 0.05) is 24.4 Å². The molecule has 0 fully saturated rings. The van der Waals surface area contributed by atoms with Crippen LogP contribution in [0, 0.1) is 5.41 Å². The molecule has 1 amide bonds. The van der Waals surface area contributed by atoms with Gasteiger partial charge in [-0.15, -0.1) is 5.10 Å². The van der Waals surface area contributed by atoms with E-state index in [0.29, 0.717) is 12.2 Å². The molecule has 0 radical (unpaired) electrons. The molecule has 21 heavy (non-hydrogen) atoms. The Bertz CT molecular complexity index is 659. The average molecular weight is 288 g/mol. The molecule has 114 valence electrons. The van der Waals surface area contributed by atoms with E-state index in [0.717, 1.165) is 11.2 Å². The third-order valence-electron chi connectivity index (χ3n) is 3.09. The number of anilines is 1. The van der Waals surface area contributed by atoms with Gasteiger partial charge in [0.15, 0.2) is 11.5 Å². The first-order valence-electron chi connectivity index (χ1n) is 7.22. The predicted molar refractivity (Wildman–Crippen MR) is 84.4 cm³/mol. The van der Waals surface area contributed by atoms with Crippen molar-refractivity contribution >= 4 is 17.4 Å². The average Bonchev–Trinajstić information content (AvgIpc) is 2.62. The molecule has 0 spiro atoms. The van der Waals surface area contributed by atoms with Gasteiger partial charge < -0.3 is 5.32 Å². The van der Waals surface area contributed by atoms with E-state index in [9.17, 15) is 4.79 Å². The van der Waals surface area contributed by atoms with Crippen molar-refractivity contribution in [3.05, 3.63) is 24.0 Å². The number of aromatic nitrogens is 3. The summed E-state index contributed by atoms with van der Waals surface area (Å²) < 4.78 is 1.72. The van der Waals surface area contributed by atoms with Gasteiger partial charge in [-0.25, -0.2) is 9.50 Å². The smallest absolute Gasteiger partial charge is 0.226 e. The molecule has 0 aliphatic heterocycles. The van der Waals surface area contributed by atoms with Gasteiger partial charge in [-0.1, -0.05) is 41.5 Å². The van der Waals surface area contributed by atoms with Crippen molar-refractivity contribution in [2.45, 2.75) is 53.4 Å². The monoisotopic (exact) mass is 288 g/mol. The third-order valence-corrected chi connectivity index (χ3v) is 3.09. The van der Waals surface area contributed by atoms with Crippen molar-refractivity contribution in [2.24, 2.45) is 5.41 Å². The number of rotatable bonds is 2. The van der Waals surface area contributed by atoms with Gasteiger partial charge in [0.05, 0.1) is 0 Å². The van der Waals surface area contributed by atoms with Crippen molar-refractivity contribution in [3.63, 3.8) is 0 Å². The van der Waals surface area contributed by atoms with E-state index in [1.165, 1.54) is 0 Å². The first kappa shape index (κ1) is 15.5. The molecule has 0 aliphatic rings. The van der Waals surface area contributed by atoms with E-state index < -0.39 is 0 Å². The molecule has 0 aliphatic carbocycles. The normalized spacial score (nSPS) is 12.7. The minimum atomic E-state index is -0.152. The van der Waals surface area contributed by atoms with Gasteiger partial charge in [0.2, 0.25) is 5.91 Å². The second-order valence-corrected chi connectivity index (χ2v) is 7.65. The summed E-state index contributed by atoms with van der Waals surface area (Å²) in [4.78, 5) is 16.6. The van der Waals surface area contributed by atoms with E-state index in [1.807, 2.05) is 33.0 Å². The van der Waals surface area contributed by atoms with Crippen molar-refractivity contribution < 1.29 is 4.79 Å². The number of nitrogens with one attached hydrogen (secondary N) is 1. The van der Waals surface area contributed by atoms with E-state index in [4.69, 9.17) is 0 Å². The van der Waals surface area contributed by atoms with Crippen LogP contribution in [0.25, 0.3) is 5.65 Å². The molecule has 0 saturated carbocycles. The Kier molecular flexibility index (Phi) is 3.78. The van der Waals surface area contributed by atoms with Crippen LogP contribution in [0.5, 0.6) is 0 Å². The molecule has 5 nitrogen and oxygen atoms in total. The lowest BCUT2D eigenvalue weighted by molar-refractivity contribution is -0.117. The predicted octanol–water partition coefficient (Wildman–Crippen LogP) is 3.40. The maximum Gasteiger partial charge on any atom is 0.226 e. The zero-order valence-electron chi connectivity index (χ0n) is 13.7. The van der Waals surface area contributed by atoms with Crippen LogP contribution in [0.1, 0.15) is 53.5 Å². The fourth-order valence-electron chi connectivity index (χ4n) is 2.32. The molecule has 0 bridgehead atoms. The lowest BCUT2D eigenvalue weighted by Gasteiger charge is -2.20. The zero-order valence-corrected chi connectivity index (χ0v) is 13.7. The van der Waals surface area contributed by atoms with Crippen LogP contribution in [0.2, 0.25) is 0 Å². The second-order valence-electron chi connectivity index (χ2n) is 7.65. The Labute approximate surface area is 125 Å². The van der Waals surface area contributed by atoms with Gasteiger partial charge in [0.1, 0.15) is 0 Å². The number of amides is 1. The van der Waals surface area contributed by atoms with Crippen LogP contribution >= 0.6 is 0 Å². The van der Waals surface area contributed by atoms with Gasteiger partial charge in [0.25, 0.3) is 0 Å². The molecule has 5 heteroatoms. The highest BCUT2D eigenvalue weighted by molar-refractivity contribution is 5.92. The zero-order chi connectivity index (χ0) is 15.8. The van der Waals surface area contributed by atoms with Crippen LogP contribution in [-0.2, 0) is 10.2 Å². The molecular formula is C16H24N4O. The van der Waals surface area contributed by atoms with Crippen molar-refractivity contribution in [1.82, 2.24) is 14.6 Å². The lowest BCUT2D eigenvalue weighted by Crippen LogP contribution is -2.22. The SMILES string of the molecule is CC(C)(C)CC(=O)Nc1nn2cccnc2c1C(C)(C)C. The molecular weight excluding hydrogens is 264 g/mol. The molecule has 0 unspecified atom stereocenters. The van der Waals surface area contributed by atoms with Gasteiger partial charge in [-0.05, 0) is 16.9 Å². The van der Waals surface area contributed by atoms with E-state index in [1.54, 1.807) is 10.7 Å². The Morgan fingerprint density at radius 2 is 1.90 bits per heavy atom. The number of carbonyl (C=O) groups is 1. The Hall–Kier alpha value is -1.91.